The molecule has 3 rings (SSSR count). The lowest BCUT2D eigenvalue weighted by Gasteiger charge is -2.28. The zero-order valence-corrected chi connectivity index (χ0v) is 16.0. The van der Waals surface area contributed by atoms with Crippen LogP contribution >= 0.6 is 0 Å². The molecule has 1 heterocycles. The van der Waals surface area contributed by atoms with Crippen molar-refractivity contribution < 1.29 is 19.1 Å². The van der Waals surface area contributed by atoms with Crippen molar-refractivity contribution in [2.75, 3.05) is 19.0 Å². The number of hydrogen-bond acceptors (Lipinski definition) is 4. The van der Waals surface area contributed by atoms with Crippen LogP contribution in [0, 0.1) is 0 Å². The van der Waals surface area contributed by atoms with E-state index in [1.807, 2.05) is 31.2 Å². The molecule has 146 valence electrons. The van der Waals surface area contributed by atoms with E-state index < -0.39 is 6.04 Å². The molecule has 0 saturated carbocycles. The minimum absolute atomic E-state index is 0.297. The van der Waals surface area contributed by atoms with Crippen LogP contribution in [0.1, 0.15) is 25.5 Å². The molecule has 7 nitrogen and oxygen atoms in total. The number of ether oxygens (including phenoxy) is 2. The second-order valence-electron chi connectivity index (χ2n) is 6.25. The summed E-state index contributed by atoms with van der Waals surface area (Å²) in [6.45, 7) is 4.19. The van der Waals surface area contributed by atoms with E-state index in [0.717, 1.165) is 11.3 Å². The normalized spacial score (nSPS) is 16.1. The van der Waals surface area contributed by atoms with Crippen LogP contribution in [0.4, 0.5) is 10.5 Å². The van der Waals surface area contributed by atoms with Crippen LogP contribution < -0.4 is 25.4 Å². The van der Waals surface area contributed by atoms with Gasteiger partial charge >= 0.3 is 6.03 Å². The highest BCUT2D eigenvalue weighted by Gasteiger charge is 2.31. The molecule has 0 aliphatic carbocycles. The van der Waals surface area contributed by atoms with Crippen molar-refractivity contribution >= 4 is 17.6 Å². The lowest BCUT2D eigenvalue weighted by Crippen LogP contribution is -2.45. The van der Waals surface area contributed by atoms with Crippen LogP contribution in [0.3, 0.4) is 0 Å². The Balaban J connectivity index is 1.86. The van der Waals surface area contributed by atoms with Gasteiger partial charge in [-0.2, -0.15) is 0 Å². The second-order valence-corrected chi connectivity index (χ2v) is 6.25. The Morgan fingerprint density at radius 2 is 1.71 bits per heavy atom. The summed E-state index contributed by atoms with van der Waals surface area (Å²) in [5.74, 6) is 1.14. The minimum atomic E-state index is -0.567. The van der Waals surface area contributed by atoms with Gasteiger partial charge in [0.1, 0.15) is 11.5 Å². The van der Waals surface area contributed by atoms with Crippen LogP contribution in [0.5, 0.6) is 11.5 Å². The molecule has 0 saturated heterocycles. The Labute approximate surface area is 163 Å². The molecule has 0 radical (unpaired) electrons. The average Bonchev–Trinajstić information content (AvgIpc) is 2.68. The third kappa shape index (κ3) is 4.25. The van der Waals surface area contributed by atoms with Crippen molar-refractivity contribution in [1.29, 1.82) is 0 Å². The second kappa shape index (κ2) is 8.47. The lowest BCUT2D eigenvalue weighted by molar-refractivity contribution is -0.113. The first-order valence-corrected chi connectivity index (χ1v) is 8.98. The molecule has 0 unspecified atom stereocenters. The summed E-state index contributed by atoms with van der Waals surface area (Å²) in [5.41, 5.74) is 2.37. The molecule has 0 aromatic heterocycles. The molecule has 2 aromatic rings. The number of urea groups is 1. The molecule has 3 N–H and O–H groups in total. The summed E-state index contributed by atoms with van der Waals surface area (Å²) in [5, 5.41) is 8.36. The summed E-state index contributed by atoms with van der Waals surface area (Å²) < 4.78 is 10.6. The van der Waals surface area contributed by atoms with Gasteiger partial charge in [-0.15, -0.1) is 0 Å². The van der Waals surface area contributed by atoms with E-state index in [1.165, 1.54) is 0 Å². The Morgan fingerprint density at radius 1 is 1.07 bits per heavy atom. The molecule has 0 spiro atoms. The van der Waals surface area contributed by atoms with E-state index >= 15 is 0 Å². The van der Waals surface area contributed by atoms with Gasteiger partial charge in [0.05, 0.1) is 25.3 Å². The zero-order chi connectivity index (χ0) is 20.1. The van der Waals surface area contributed by atoms with Gasteiger partial charge in [0.25, 0.3) is 5.91 Å². The maximum atomic E-state index is 13.0. The quantitative estimate of drug-likeness (QED) is 0.716. The van der Waals surface area contributed by atoms with Crippen molar-refractivity contribution in [1.82, 2.24) is 10.6 Å². The number of methoxy groups -OCH3 is 1. The van der Waals surface area contributed by atoms with Gasteiger partial charge in [-0.3, -0.25) is 4.79 Å². The number of benzene rings is 2. The number of hydrogen-bond donors (Lipinski definition) is 3. The number of allylic oxidation sites excluding steroid dienone is 1. The third-order valence-electron chi connectivity index (χ3n) is 4.39. The van der Waals surface area contributed by atoms with Gasteiger partial charge in [0.2, 0.25) is 0 Å². The molecule has 1 aliphatic rings. The highest BCUT2D eigenvalue weighted by molar-refractivity contribution is 6.06. The molecule has 2 aromatic carbocycles. The van der Waals surface area contributed by atoms with Gasteiger partial charge in [0, 0.05) is 11.4 Å². The first-order chi connectivity index (χ1) is 13.5. The molecule has 1 atom stereocenters. The minimum Gasteiger partial charge on any atom is -0.497 e. The Bertz CT molecular complexity index is 889. The number of anilines is 1. The Hall–Kier alpha value is -3.48. The average molecular weight is 381 g/mol. The van der Waals surface area contributed by atoms with Gasteiger partial charge in [-0.25, -0.2) is 4.79 Å². The molecular weight excluding hydrogens is 358 g/mol. The summed E-state index contributed by atoms with van der Waals surface area (Å²) in [7, 11) is 1.58. The molecule has 3 amide bonds. The van der Waals surface area contributed by atoms with E-state index in [2.05, 4.69) is 16.0 Å². The first kappa shape index (κ1) is 19.3. The van der Waals surface area contributed by atoms with Gasteiger partial charge in [-0.05, 0) is 55.8 Å². The van der Waals surface area contributed by atoms with E-state index in [1.54, 1.807) is 38.3 Å². The van der Waals surface area contributed by atoms with Crippen molar-refractivity contribution in [2.45, 2.75) is 19.9 Å². The molecule has 28 heavy (non-hydrogen) atoms. The molecule has 7 heteroatoms. The van der Waals surface area contributed by atoms with Crippen LogP contribution in [-0.4, -0.2) is 25.7 Å². The molecule has 0 bridgehead atoms. The number of carbonyl (C=O) groups excluding carboxylic acids is 2. The topological polar surface area (TPSA) is 88.7 Å². The van der Waals surface area contributed by atoms with E-state index in [4.69, 9.17) is 9.47 Å². The molecule has 0 fully saturated rings. The van der Waals surface area contributed by atoms with E-state index in [0.29, 0.717) is 29.3 Å². The van der Waals surface area contributed by atoms with Gasteiger partial charge in [0.15, 0.2) is 0 Å². The van der Waals surface area contributed by atoms with E-state index in [9.17, 15) is 9.59 Å². The summed E-state index contributed by atoms with van der Waals surface area (Å²) in [6.07, 6.45) is 0. The predicted octanol–water partition coefficient (Wildman–Crippen LogP) is 3.36. The standard InChI is InChI=1S/C21H23N3O4/c1-4-28-17-9-5-14(6-10-17)19-18(13(2)22-21(26)24-19)20(25)23-15-7-11-16(27-3)12-8-15/h5-12,19H,4H2,1-3H3,(H,23,25)(H2,22,24,26)/t19-/m1/s1. The zero-order valence-electron chi connectivity index (χ0n) is 16.0. The van der Waals surface area contributed by atoms with Crippen molar-refractivity contribution in [2.24, 2.45) is 0 Å². The fourth-order valence-electron chi connectivity index (χ4n) is 3.04. The third-order valence-corrected chi connectivity index (χ3v) is 4.39. The maximum Gasteiger partial charge on any atom is 0.319 e. The van der Waals surface area contributed by atoms with Crippen LogP contribution in [0.15, 0.2) is 59.8 Å². The van der Waals surface area contributed by atoms with Gasteiger partial charge < -0.3 is 25.4 Å². The van der Waals surface area contributed by atoms with Crippen molar-refractivity contribution in [3.63, 3.8) is 0 Å². The van der Waals surface area contributed by atoms with Crippen LogP contribution in [-0.2, 0) is 4.79 Å². The van der Waals surface area contributed by atoms with Crippen molar-refractivity contribution in [3.05, 3.63) is 65.4 Å². The number of amides is 3. The van der Waals surface area contributed by atoms with Crippen LogP contribution in [0.25, 0.3) is 0 Å². The van der Waals surface area contributed by atoms with Crippen LogP contribution in [0.2, 0.25) is 0 Å². The molecule has 1 aliphatic heterocycles. The number of nitrogens with one attached hydrogen (secondary N) is 3. The Kier molecular flexibility index (Phi) is 5.84. The highest BCUT2D eigenvalue weighted by atomic mass is 16.5. The fraction of sp³-hybridized carbons (Fsp3) is 0.238. The largest absolute Gasteiger partial charge is 0.497 e. The monoisotopic (exact) mass is 381 g/mol. The number of rotatable bonds is 6. The van der Waals surface area contributed by atoms with Crippen molar-refractivity contribution in [3.8, 4) is 11.5 Å². The summed E-state index contributed by atoms with van der Waals surface area (Å²) >= 11 is 0. The molecular formula is C21H23N3O4. The summed E-state index contributed by atoms with van der Waals surface area (Å²) in [4.78, 5) is 25.0. The van der Waals surface area contributed by atoms with Gasteiger partial charge in [-0.1, -0.05) is 12.1 Å². The lowest BCUT2D eigenvalue weighted by atomic mass is 9.94. The smallest absolute Gasteiger partial charge is 0.319 e. The Morgan fingerprint density at radius 3 is 2.32 bits per heavy atom. The first-order valence-electron chi connectivity index (χ1n) is 8.98. The predicted molar refractivity (Wildman–Crippen MR) is 106 cm³/mol. The fourth-order valence-corrected chi connectivity index (χ4v) is 3.04. The van der Waals surface area contributed by atoms with E-state index in [-0.39, 0.29) is 11.9 Å². The number of carbonyl (C=O) groups is 2. The summed E-state index contributed by atoms with van der Waals surface area (Å²) in [6, 6.07) is 13.5. The maximum absolute atomic E-state index is 13.0. The highest BCUT2D eigenvalue weighted by Crippen LogP contribution is 2.29. The SMILES string of the molecule is CCOc1ccc([C@H]2NC(=O)NC(C)=C2C(=O)Nc2ccc(OC)cc2)cc1.